The second kappa shape index (κ2) is 5.73. The van der Waals surface area contributed by atoms with Crippen LogP contribution in [-0.2, 0) is 0 Å². The molecule has 1 aliphatic rings. The van der Waals surface area contributed by atoms with Gasteiger partial charge in [-0.1, -0.05) is 19.3 Å². The minimum Gasteiger partial charge on any atom is -0.314 e. The predicted octanol–water partition coefficient (Wildman–Crippen LogP) is 3.50. The summed E-state index contributed by atoms with van der Waals surface area (Å²) in [5.74, 6) is 0.576. The molecule has 90 valence electrons. The molecule has 0 aromatic rings. The molecule has 0 spiro atoms. The van der Waals surface area contributed by atoms with Gasteiger partial charge in [-0.25, -0.2) is 0 Å². The van der Waals surface area contributed by atoms with Crippen molar-refractivity contribution in [1.29, 1.82) is 0 Å². The van der Waals surface area contributed by atoms with Crippen LogP contribution in [-0.4, -0.2) is 18.8 Å². The van der Waals surface area contributed by atoms with E-state index in [9.17, 15) is 13.2 Å². The Morgan fingerprint density at radius 3 is 2.33 bits per heavy atom. The summed E-state index contributed by atoms with van der Waals surface area (Å²) in [6.45, 7) is 2.06. The third-order valence-electron chi connectivity index (χ3n) is 3.23. The lowest BCUT2D eigenvalue weighted by Gasteiger charge is -2.28. The molecule has 0 unspecified atom stereocenters. The molecule has 0 aliphatic heterocycles. The van der Waals surface area contributed by atoms with Crippen LogP contribution in [0.3, 0.4) is 0 Å². The molecule has 0 aromatic heterocycles. The average Bonchev–Trinajstić information content (AvgIpc) is 2.17. The van der Waals surface area contributed by atoms with Crippen LogP contribution in [0.5, 0.6) is 0 Å². The van der Waals surface area contributed by atoms with Crippen molar-refractivity contribution in [3.8, 4) is 0 Å². The fourth-order valence-electron chi connectivity index (χ4n) is 2.24. The number of alkyl halides is 3. The lowest BCUT2D eigenvalue weighted by atomic mass is 9.84. The average molecular weight is 223 g/mol. The third-order valence-corrected chi connectivity index (χ3v) is 3.23. The van der Waals surface area contributed by atoms with Crippen LogP contribution in [0.15, 0.2) is 0 Å². The van der Waals surface area contributed by atoms with Crippen molar-refractivity contribution in [1.82, 2.24) is 5.32 Å². The van der Waals surface area contributed by atoms with Gasteiger partial charge in [0.05, 0.1) is 6.42 Å². The minimum absolute atomic E-state index is 0.0567. The van der Waals surface area contributed by atoms with E-state index in [1.807, 2.05) is 6.92 Å². The molecule has 1 rings (SSSR count). The first-order valence-electron chi connectivity index (χ1n) is 5.79. The van der Waals surface area contributed by atoms with Gasteiger partial charge in [0.25, 0.3) is 0 Å². The standard InChI is InChI=1S/C11H20F3N/c1-9(10-5-3-2-4-6-10)15-8-7-11(12,13)14/h9-10,15H,2-8H2,1H3/t9-/m1/s1. The first kappa shape index (κ1) is 12.8. The molecule has 1 fully saturated rings. The second-order valence-corrected chi connectivity index (χ2v) is 4.51. The Balaban J connectivity index is 2.14. The van der Waals surface area contributed by atoms with Gasteiger partial charge in [-0.05, 0) is 25.7 Å². The van der Waals surface area contributed by atoms with Crippen LogP contribution in [0, 0.1) is 5.92 Å². The maximum absolute atomic E-state index is 11.9. The van der Waals surface area contributed by atoms with Gasteiger partial charge >= 0.3 is 6.18 Å². The highest BCUT2D eigenvalue weighted by Crippen LogP contribution is 2.26. The molecular formula is C11H20F3N. The Hall–Kier alpha value is -0.250. The molecule has 1 aliphatic carbocycles. The molecule has 0 heterocycles. The Labute approximate surface area is 89.4 Å². The molecule has 1 nitrogen and oxygen atoms in total. The van der Waals surface area contributed by atoms with Gasteiger partial charge in [0.1, 0.15) is 0 Å². The molecule has 1 N–H and O–H groups in total. The quantitative estimate of drug-likeness (QED) is 0.769. The highest BCUT2D eigenvalue weighted by Gasteiger charge is 2.27. The number of nitrogens with one attached hydrogen (secondary N) is 1. The van der Waals surface area contributed by atoms with E-state index in [1.54, 1.807) is 0 Å². The summed E-state index contributed by atoms with van der Waals surface area (Å²) in [5, 5.41) is 2.99. The van der Waals surface area contributed by atoms with Gasteiger partial charge in [-0.2, -0.15) is 13.2 Å². The van der Waals surface area contributed by atoms with Crippen molar-refractivity contribution in [2.24, 2.45) is 5.92 Å². The summed E-state index contributed by atoms with van der Waals surface area (Å²) in [6, 6.07) is 0.229. The SMILES string of the molecule is C[C@@H](NCCC(F)(F)F)C1CCCCC1. The highest BCUT2D eigenvalue weighted by molar-refractivity contribution is 4.76. The predicted molar refractivity (Wildman–Crippen MR) is 54.7 cm³/mol. The smallest absolute Gasteiger partial charge is 0.314 e. The van der Waals surface area contributed by atoms with Crippen LogP contribution in [0.2, 0.25) is 0 Å². The van der Waals surface area contributed by atoms with Crippen molar-refractivity contribution in [2.75, 3.05) is 6.54 Å². The van der Waals surface area contributed by atoms with E-state index in [4.69, 9.17) is 0 Å². The number of hydrogen-bond donors (Lipinski definition) is 1. The van der Waals surface area contributed by atoms with Gasteiger partial charge in [0, 0.05) is 12.6 Å². The number of rotatable bonds is 4. The third kappa shape index (κ3) is 5.40. The Bertz CT molecular complexity index is 173. The first-order chi connectivity index (χ1) is 6.99. The van der Waals surface area contributed by atoms with E-state index >= 15 is 0 Å². The summed E-state index contributed by atoms with van der Waals surface area (Å²) in [7, 11) is 0. The molecule has 0 saturated heterocycles. The van der Waals surface area contributed by atoms with Crippen LogP contribution in [0.25, 0.3) is 0 Å². The van der Waals surface area contributed by atoms with Gasteiger partial charge in [0.15, 0.2) is 0 Å². The fourth-order valence-corrected chi connectivity index (χ4v) is 2.24. The van der Waals surface area contributed by atoms with Crippen molar-refractivity contribution in [3.05, 3.63) is 0 Å². The molecule has 0 bridgehead atoms. The van der Waals surface area contributed by atoms with Crippen molar-refractivity contribution in [3.63, 3.8) is 0 Å². The zero-order chi connectivity index (χ0) is 11.3. The summed E-state index contributed by atoms with van der Waals surface area (Å²) >= 11 is 0. The summed E-state index contributed by atoms with van der Waals surface area (Å²) in [6.07, 6.45) is 1.33. The molecule has 1 saturated carbocycles. The number of hydrogen-bond acceptors (Lipinski definition) is 1. The van der Waals surface area contributed by atoms with Gasteiger partial charge in [-0.3, -0.25) is 0 Å². The van der Waals surface area contributed by atoms with E-state index < -0.39 is 12.6 Å². The Morgan fingerprint density at radius 2 is 1.80 bits per heavy atom. The van der Waals surface area contributed by atoms with Gasteiger partial charge < -0.3 is 5.32 Å². The van der Waals surface area contributed by atoms with Gasteiger partial charge in [0.2, 0.25) is 0 Å². The monoisotopic (exact) mass is 223 g/mol. The second-order valence-electron chi connectivity index (χ2n) is 4.51. The topological polar surface area (TPSA) is 12.0 Å². The van der Waals surface area contributed by atoms with Crippen LogP contribution < -0.4 is 5.32 Å². The lowest BCUT2D eigenvalue weighted by molar-refractivity contribution is -0.133. The Kier molecular flexibility index (Phi) is 4.90. The van der Waals surface area contributed by atoms with Crippen LogP contribution >= 0.6 is 0 Å². The highest BCUT2D eigenvalue weighted by atomic mass is 19.4. The van der Waals surface area contributed by atoms with Gasteiger partial charge in [-0.15, -0.1) is 0 Å². The molecule has 0 radical (unpaired) electrons. The van der Waals surface area contributed by atoms with E-state index in [1.165, 1.54) is 32.1 Å². The summed E-state index contributed by atoms with van der Waals surface area (Å²) in [4.78, 5) is 0. The van der Waals surface area contributed by atoms with Crippen molar-refractivity contribution < 1.29 is 13.2 Å². The normalized spacial score (nSPS) is 21.6. The summed E-state index contributed by atoms with van der Waals surface area (Å²) in [5.41, 5.74) is 0. The van der Waals surface area contributed by atoms with E-state index in [0.717, 1.165) is 0 Å². The molecule has 1 atom stereocenters. The number of halogens is 3. The molecule has 4 heteroatoms. The lowest BCUT2D eigenvalue weighted by Crippen LogP contribution is -2.36. The molecule has 0 aromatic carbocycles. The van der Waals surface area contributed by atoms with Crippen LogP contribution in [0.4, 0.5) is 13.2 Å². The maximum Gasteiger partial charge on any atom is 0.390 e. The largest absolute Gasteiger partial charge is 0.390 e. The summed E-state index contributed by atoms with van der Waals surface area (Å²) < 4.78 is 35.7. The van der Waals surface area contributed by atoms with Crippen LogP contribution in [0.1, 0.15) is 45.4 Å². The minimum atomic E-state index is -4.03. The van der Waals surface area contributed by atoms with E-state index in [-0.39, 0.29) is 12.6 Å². The van der Waals surface area contributed by atoms with E-state index in [2.05, 4.69) is 5.32 Å². The first-order valence-corrected chi connectivity index (χ1v) is 5.79. The molecule has 15 heavy (non-hydrogen) atoms. The van der Waals surface area contributed by atoms with Crippen molar-refractivity contribution >= 4 is 0 Å². The van der Waals surface area contributed by atoms with Crippen molar-refractivity contribution in [2.45, 2.75) is 57.7 Å². The molecular weight excluding hydrogens is 203 g/mol. The fraction of sp³-hybridized carbons (Fsp3) is 1.00. The zero-order valence-electron chi connectivity index (χ0n) is 9.24. The maximum atomic E-state index is 11.9. The molecule has 0 amide bonds. The zero-order valence-corrected chi connectivity index (χ0v) is 9.24. The Morgan fingerprint density at radius 1 is 1.20 bits per heavy atom. The van der Waals surface area contributed by atoms with E-state index in [0.29, 0.717) is 5.92 Å².